The van der Waals surface area contributed by atoms with Crippen LogP contribution in [0.1, 0.15) is 57.3 Å². The average molecular weight is 376 g/mol. The van der Waals surface area contributed by atoms with Gasteiger partial charge in [-0.25, -0.2) is 4.79 Å². The molecule has 3 aromatic rings. The van der Waals surface area contributed by atoms with Gasteiger partial charge in [0.25, 0.3) is 5.91 Å². The zero-order chi connectivity index (χ0) is 19.8. The van der Waals surface area contributed by atoms with Crippen molar-refractivity contribution in [1.82, 2.24) is 9.88 Å². The molecule has 0 saturated carbocycles. The topological polar surface area (TPSA) is 62.4 Å². The number of carbonyl (C=O) groups excluding carboxylic acids is 2. The Balaban J connectivity index is 1.63. The molecular formula is C23H24N2O3. The van der Waals surface area contributed by atoms with Crippen LogP contribution in [0.3, 0.4) is 0 Å². The van der Waals surface area contributed by atoms with Crippen molar-refractivity contribution >= 4 is 22.8 Å². The molecule has 1 N–H and O–H groups in total. The number of hydrogen-bond donors (Lipinski definition) is 1. The number of aromatic amines is 1. The minimum atomic E-state index is -0.356. The molecule has 5 nitrogen and oxygen atoms in total. The van der Waals surface area contributed by atoms with Gasteiger partial charge in [0.2, 0.25) is 0 Å². The van der Waals surface area contributed by atoms with Crippen LogP contribution in [0.4, 0.5) is 0 Å². The summed E-state index contributed by atoms with van der Waals surface area (Å²) >= 11 is 0. The summed E-state index contributed by atoms with van der Waals surface area (Å²) in [6.45, 7) is 5.49. The molecule has 0 unspecified atom stereocenters. The Morgan fingerprint density at radius 1 is 1.07 bits per heavy atom. The van der Waals surface area contributed by atoms with Crippen LogP contribution in [-0.4, -0.2) is 35.4 Å². The van der Waals surface area contributed by atoms with Gasteiger partial charge < -0.3 is 14.6 Å². The first-order valence-electron chi connectivity index (χ1n) is 9.59. The number of esters is 1. The Hall–Kier alpha value is -3.08. The van der Waals surface area contributed by atoms with Crippen LogP contribution in [-0.2, 0) is 17.7 Å². The van der Waals surface area contributed by atoms with Crippen LogP contribution in [0.2, 0.25) is 0 Å². The van der Waals surface area contributed by atoms with E-state index in [9.17, 15) is 9.59 Å². The summed E-state index contributed by atoms with van der Waals surface area (Å²) in [7, 11) is 1.38. The Kier molecular flexibility index (Phi) is 4.67. The molecule has 1 aromatic heterocycles. The minimum Gasteiger partial charge on any atom is -0.465 e. The van der Waals surface area contributed by atoms with Gasteiger partial charge in [0.15, 0.2) is 0 Å². The van der Waals surface area contributed by atoms with Gasteiger partial charge in [0.05, 0.1) is 12.7 Å². The summed E-state index contributed by atoms with van der Waals surface area (Å²) in [6.07, 6.45) is 0.771. The average Bonchev–Trinajstić information content (AvgIpc) is 3.09. The highest BCUT2D eigenvalue weighted by Gasteiger charge is 2.25. The first-order valence-corrected chi connectivity index (χ1v) is 9.59. The van der Waals surface area contributed by atoms with Crippen molar-refractivity contribution in [2.45, 2.75) is 32.7 Å². The van der Waals surface area contributed by atoms with E-state index in [2.05, 4.69) is 18.8 Å². The summed E-state index contributed by atoms with van der Waals surface area (Å²) in [6, 6.07) is 13.4. The number of nitrogens with one attached hydrogen (secondary N) is 1. The van der Waals surface area contributed by atoms with Crippen LogP contribution in [0.25, 0.3) is 10.9 Å². The van der Waals surface area contributed by atoms with Crippen LogP contribution < -0.4 is 0 Å². The highest BCUT2D eigenvalue weighted by molar-refractivity contribution is 5.97. The second-order valence-electron chi connectivity index (χ2n) is 7.59. The lowest BCUT2D eigenvalue weighted by molar-refractivity contribution is 0.0600. The van der Waals surface area contributed by atoms with Gasteiger partial charge in [-0.2, -0.15) is 0 Å². The van der Waals surface area contributed by atoms with E-state index in [4.69, 9.17) is 4.74 Å². The smallest absolute Gasteiger partial charge is 0.337 e. The van der Waals surface area contributed by atoms with Gasteiger partial charge >= 0.3 is 5.97 Å². The minimum absolute atomic E-state index is 0.0411. The van der Waals surface area contributed by atoms with Crippen molar-refractivity contribution in [3.8, 4) is 0 Å². The highest BCUT2D eigenvalue weighted by Crippen LogP contribution is 2.29. The Morgan fingerprint density at radius 3 is 2.46 bits per heavy atom. The molecule has 0 fully saturated rings. The Bertz CT molecular complexity index is 1050. The third-order valence-electron chi connectivity index (χ3n) is 5.51. The normalized spacial score (nSPS) is 13.6. The van der Waals surface area contributed by atoms with Gasteiger partial charge in [-0.3, -0.25) is 4.79 Å². The van der Waals surface area contributed by atoms with E-state index in [0.29, 0.717) is 30.1 Å². The quantitative estimate of drug-likeness (QED) is 0.694. The summed E-state index contributed by atoms with van der Waals surface area (Å²) < 4.78 is 4.84. The van der Waals surface area contributed by atoms with E-state index < -0.39 is 0 Å². The lowest BCUT2D eigenvalue weighted by atomic mass is 10.00. The fourth-order valence-electron chi connectivity index (χ4n) is 3.83. The zero-order valence-electron chi connectivity index (χ0n) is 16.4. The van der Waals surface area contributed by atoms with Crippen LogP contribution in [0.15, 0.2) is 42.5 Å². The van der Waals surface area contributed by atoms with Crippen molar-refractivity contribution in [3.05, 3.63) is 70.4 Å². The van der Waals surface area contributed by atoms with E-state index in [-0.39, 0.29) is 11.9 Å². The second-order valence-corrected chi connectivity index (χ2v) is 7.59. The lowest BCUT2D eigenvalue weighted by Crippen LogP contribution is -2.35. The van der Waals surface area contributed by atoms with E-state index in [0.717, 1.165) is 28.6 Å². The number of methoxy groups -OCH3 is 1. The molecule has 0 radical (unpaired) electrons. The molecule has 0 saturated heterocycles. The number of ether oxygens (including phenoxy) is 1. The molecule has 2 heterocycles. The largest absolute Gasteiger partial charge is 0.465 e. The Labute approximate surface area is 164 Å². The number of nitrogens with zero attached hydrogens (tertiary/aromatic N) is 1. The summed E-state index contributed by atoms with van der Waals surface area (Å²) in [5, 5.41) is 0.977. The van der Waals surface area contributed by atoms with Crippen LogP contribution >= 0.6 is 0 Å². The maximum Gasteiger partial charge on any atom is 0.337 e. The number of hydrogen-bond acceptors (Lipinski definition) is 3. The molecule has 5 heteroatoms. The first-order chi connectivity index (χ1) is 13.5. The third kappa shape index (κ3) is 3.17. The molecule has 4 rings (SSSR count). The van der Waals surface area contributed by atoms with E-state index in [1.54, 1.807) is 6.07 Å². The molecule has 2 aromatic carbocycles. The molecule has 1 aliphatic heterocycles. The number of amides is 1. The second kappa shape index (κ2) is 7.15. The van der Waals surface area contributed by atoms with Crippen molar-refractivity contribution < 1.29 is 14.3 Å². The standard InChI is InChI=1S/C23H24N2O3/c1-14(2)15-4-6-16(7-5-15)22(26)25-11-10-21-19(13-25)18-12-17(23(27)28-3)8-9-20(18)24-21/h4-9,12,14,24H,10-11,13H2,1-3H3. The van der Waals surface area contributed by atoms with Gasteiger partial charge in [-0.15, -0.1) is 0 Å². The van der Waals surface area contributed by atoms with Crippen molar-refractivity contribution in [1.29, 1.82) is 0 Å². The van der Waals surface area contributed by atoms with E-state index in [1.165, 1.54) is 12.7 Å². The van der Waals surface area contributed by atoms with Crippen molar-refractivity contribution in [2.24, 2.45) is 0 Å². The predicted molar refractivity (Wildman–Crippen MR) is 109 cm³/mol. The zero-order valence-corrected chi connectivity index (χ0v) is 16.4. The lowest BCUT2D eigenvalue weighted by Gasteiger charge is -2.27. The molecule has 0 atom stereocenters. The SMILES string of the molecule is COC(=O)c1ccc2[nH]c3c(c2c1)CN(C(=O)c1ccc(C(C)C)cc1)CC3. The monoisotopic (exact) mass is 376 g/mol. The summed E-state index contributed by atoms with van der Waals surface area (Å²) in [4.78, 5) is 30.2. The van der Waals surface area contributed by atoms with Crippen molar-refractivity contribution in [2.75, 3.05) is 13.7 Å². The predicted octanol–water partition coefficient (Wildman–Crippen LogP) is 4.28. The summed E-state index contributed by atoms with van der Waals surface area (Å²) in [5.41, 5.74) is 5.65. The van der Waals surface area contributed by atoms with E-state index >= 15 is 0 Å². The van der Waals surface area contributed by atoms with Crippen molar-refractivity contribution in [3.63, 3.8) is 0 Å². The molecule has 1 aliphatic rings. The maximum atomic E-state index is 13.0. The third-order valence-corrected chi connectivity index (χ3v) is 5.51. The van der Waals surface area contributed by atoms with Gasteiger partial charge in [-0.05, 0) is 41.8 Å². The number of fused-ring (bicyclic) bond motifs is 3. The highest BCUT2D eigenvalue weighted by atomic mass is 16.5. The van der Waals surface area contributed by atoms with E-state index in [1.807, 2.05) is 41.3 Å². The number of rotatable bonds is 3. The maximum absolute atomic E-state index is 13.0. The first kappa shape index (κ1) is 18.3. The fraction of sp³-hybridized carbons (Fsp3) is 0.304. The van der Waals surface area contributed by atoms with Crippen LogP contribution in [0.5, 0.6) is 0 Å². The molecule has 1 amide bonds. The number of H-pyrrole nitrogens is 1. The van der Waals surface area contributed by atoms with Gasteiger partial charge in [0.1, 0.15) is 0 Å². The fourth-order valence-corrected chi connectivity index (χ4v) is 3.83. The molecule has 144 valence electrons. The van der Waals surface area contributed by atoms with Crippen LogP contribution in [0, 0.1) is 0 Å². The molecule has 28 heavy (non-hydrogen) atoms. The number of carbonyl (C=O) groups is 2. The Morgan fingerprint density at radius 2 is 1.79 bits per heavy atom. The molecule has 0 spiro atoms. The molecule has 0 bridgehead atoms. The number of benzene rings is 2. The number of aromatic nitrogens is 1. The van der Waals surface area contributed by atoms with Gasteiger partial charge in [0, 0.05) is 47.2 Å². The molecular weight excluding hydrogens is 352 g/mol. The van der Waals surface area contributed by atoms with Gasteiger partial charge in [-0.1, -0.05) is 26.0 Å². The molecule has 0 aliphatic carbocycles. The summed E-state index contributed by atoms with van der Waals surface area (Å²) in [5.74, 6) is 0.127.